The molecule has 2 rings (SSSR count). The number of nitrogens with zero attached hydrogens (tertiary/aromatic N) is 2. The lowest BCUT2D eigenvalue weighted by molar-refractivity contribution is -0.125. The first-order valence-corrected chi connectivity index (χ1v) is 9.50. The highest BCUT2D eigenvalue weighted by Gasteiger charge is 2.35. The predicted octanol–water partition coefficient (Wildman–Crippen LogP) is 0.777. The largest absolute Gasteiger partial charge is 0.357 e. The number of benzene rings is 1. The van der Waals surface area contributed by atoms with Gasteiger partial charge in [-0.05, 0) is 37.2 Å². The van der Waals surface area contributed by atoms with Gasteiger partial charge in [0.15, 0.2) is 0 Å². The Labute approximate surface area is 161 Å². The van der Waals surface area contributed by atoms with Gasteiger partial charge < -0.3 is 20.3 Å². The van der Waals surface area contributed by atoms with E-state index >= 15 is 0 Å². The number of hydrogen-bond donors (Lipinski definition) is 2. The van der Waals surface area contributed by atoms with Gasteiger partial charge in [0.05, 0.1) is 0 Å². The smallest absolute Gasteiger partial charge is 0.255 e. The fourth-order valence-electron chi connectivity index (χ4n) is 3.44. The summed E-state index contributed by atoms with van der Waals surface area (Å²) in [4.78, 5) is 39.7. The van der Waals surface area contributed by atoms with Crippen molar-refractivity contribution in [3.8, 4) is 0 Å². The number of likely N-dealkylation sites (N-methyl/N-ethyl adjacent to an activating group) is 3. The molecule has 2 N–H and O–H groups in total. The van der Waals surface area contributed by atoms with Crippen LogP contribution in [0.1, 0.15) is 41.3 Å². The summed E-state index contributed by atoms with van der Waals surface area (Å²) in [7, 11) is 3.49. The molecule has 27 heavy (non-hydrogen) atoms. The second-order valence-corrected chi connectivity index (χ2v) is 6.77. The third-order valence-electron chi connectivity index (χ3n) is 5.02. The molecule has 0 aliphatic carbocycles. The molecule has 0 spiro atoms. The third-order valence-corrected chi connectivity index (χ3v) is 5.02. The lowest BCUT2D eigenvalue weighted by Crippen LogP contribution is -2.46. The standard InChI is InChI=1S/C20H30N4O3/c1-4-23(10-9-21-2)13-15-7-8-17-16(12-15)14-24(20(17)27)18(6-5-11-25)19(26)22-3/h7-8,11-12,18,21H,4-6,9-10,13-14H2,1-3H3,(H,22,26). The summed E-state index contributed by atoms with van der Waals surface area (Å²) >= 11 is 0. The summed E-state index contributed by atoms with van der Waals surface area (Å²) in [5.41, 5.74) is 2.75. The van der Waals surface area contributed by atoms with Gasteiger partial charge in [0, 0.05) is 45.2 Å². The van der Waals surface area contributed by atoms with E-state index in [1.807, 2.05) is 19.2 Å². The van der Waals surface area contributed by atoms with Crippen molar-refractivity contribution in [2.75, 3.05) is 33.7 Å². The van der Waals surface area contributed by atoms with Gasteiger partial charge in [-0.2, -0.15) is 0 Å². The van der Waals surface area contributed by atoms with Gasteiger partial charge in [0.25, 0.3) is 5.91 Å². The molecular weight excluding hydrogens is 344 g/mol. The molecule has 2 amide bonds. The average Bonchev–Trinajstić information content (AvgIpc) is 3.01. The van der Waals surface area contributed by atoms with Crippen LogP contribution in [-0.4, -0.2) is 67.7 Å². The fraction of sp³-hybridized carbons (Fsp3) is 0.550. The van der Waals surface area contributed by atoms with E-state index in [4.69, 9.17) is 0 Å². The van der Waals surface area contributed by atoms with Gasteiger partial charge in [0.2, 0.25) is 5.91 Å². The Morgan fingerprint density at radius 2 is 2.15 bits per heavy atom. The van der Waals surface area contributed by atoms with Crippen LogP contribution in [-0.2, 0) is 22.7 Å². The van der Waals surface area contributed by atoms with Gasteiger partial charge >= 0.3 is 0 Å². The summed E-state index contributed by atoms with van der Waals surface area (Å²) in [5.74, 6) is -0.374. The summed E-state index contributed by atoms with van der Waals surface area (Å²) in [6.45, 7) is 6.20. The Kier molecular flexibility index (Phi) is 7.94. The molecular formula is C20H30N4O3. The first-order chi connectivity index (χ1) is 13.0. The first kappa shape index (κ1) is 21.1. The molecule has 0 bridgehead atoms. The van der Waals surface area contributed by atoms with E-state index in [2.05, 4.69) is 28.5 Å². The number of fused-ring (bicyclic) bond motifs is 1. The second kappa shape index (κ2) is 10.2. The average molecular weight is 374 g/mol. The highest BCUT2D eigenvalue weighted by molar-refractivity contribution is 6.01. The van der Waals surface area contributed by atoms with Gasteiger partial charge in [-0.3, -0.25) is 14.5 Å². The van der Waals surface area contributed by atoms with E-state index in [1.54, 1.807) is 11.9 Å². The Balaban J connectivity index is 2.15. The Hall–Kier alpha value is -2.25. The minimum atomic E-state index is -0.619. The van der Waals surface area contributed by atoms with Crippen LogP contribution in [0.25, 0.3) is 0 Å². The van der Waals surface area contributed by atoms with E-state index in [9.17, 15) is 14.4 Å². The topological polar surface area (TPSA) is 81.8 Å². The number of carbonyl (C=O) groups excluding carboxylic acids is 3. The van der Waals surface area contributed by atoms with Crippen LogP contribution < -0.4 is 10.6 Å². The van der Waals surface area contributed by atoms with Crippen molar-refractivity contribution in [3.63, 3.8) is 0 Å². The van der Waals surface area contributed by atoms with Crippen LogP contribution in [0.3, 0.4) is 0 Å². The number of carbonyl (C=O) groups is 3. The molecule has 148 valence electrons. The normalized spacial score (nSPS) is 14.4. The van der Waals surface area contributed by atoms with Crippen molar-refractivity contribution in [3.05, 3.63) is 34.9 Å². The van der Waals surface area contributed by atoms with Crippen LogP contribution in [0.15, 0.2) is 18.2 Å². The highest BCUT2D eigenvalue weighted by atomic mass is 16.2. The second-order valence-electron chi connectivity index (χ2n) is 6.77. The SMILES string of the molecule is CCN(CCNC)Cc1ccc2c(c1)CN(C(CCC=O)C(=O)NC)C2=O. The van der Waals surface area contributed by atoms with E-state index in [-0.39, 0.29) is 18.2 Å². The van der Waals surface area contributed by atoms with E-state index in [0.717, 1.165) is 43.6 Å². The maximum Gasteiger partial charge on any atom is 0.255 e. The Morgan fingerprint density at radius 1 is 1.37 bits per heavy atom. The molecule has 0 radical (unpaired) electrons. The fourth-order valence-corrected chi connectivity index (χ4v) is 3.44. The van der Waals surface area contributed by atoms with Crippen molar-refractivity contribution in [2.45, 2.75) is 38.9 Å². The van der Waals surface area contributed by atoms with Gasteiger partial charge in [0.1, 0.15) is 12.3 Å². The maximum atomic E-state index is 12.8. The summed E-state index contributed by atoms with van der Waals surface area (Å²) in [6, 6.07) is 5.30. The molecule has 1 heterocycles. The molecule has 7 nitrogen and oxygen atoms in total. The molecule has 7 heteroatoms. The van der Waals surface area contributed by atoms with Crippen LogP contribution in [0, 0.1) is 0 Å². The van der Waals surface area contributed by atoms with E-state index in [0.29, 0.717) is 18.5 Å². The molecule has 1 aromatic carbocycles. The minimum Gasteiger partial charge on any atom is -0.357 e. The van der Waals surface area contributed by atoms with Crippen molar-refractivity contribution in [1.82, 2.24) is 20.4 Å². The third kappa shape index (κ3) is 5.14. The molecule has 1 aliphatic heterocycles. The van der Waals surface area contributed by atoms with Crippen molar-refractivity contribution in [1.29, 1.82) is 0 Å². The zero-order valence-corrected chi connectivity index (χ0v) is 16.5. The Morgan fingerprint density at radius 3 is 2.78 bits per heavy atom. The van der Waals surface area contributed by atoms with Crippen molar-refractivity contribution < 1.29 is 14.4 Å². The first-order valence-electron chi connectivity index (χ1n) is 9.50. The van der Waals surface area contributed by atoms with Crippen LogP contribution >= 0.6 is 0 Å². The monoisotopic (exact) mass is 374 g/mol. The molecule has 1 aliphatic rings. The zero-order valence-electron chi connectivity index (χ0n) is 16.5. The van der Waals surface area contributed by atoms with E-state index < -0.39 is 6.04 Å². The lowest BCUT2D eigenvalue weighted by Gasteiger charge is -2.25. The Bertz CT molecular complexity index is 677. The molecule has 0 aromatic heterocycles. The maximum absolute atomic E-state index is 12.8. The molecule has 1 unspecified atom stereocenters. The molecule has 1 aromatic rings. The van der Waals surface area contributed by atoms with Crippen LogP contribution in [0.5, 0.6) is 0 Å². The van der Waals surface area contributed by atoms with Crippen molar-refractivity contribution >= 4 is 18.1 Å². The van der Waals surface area contributed by atoms with E-state index in [1.165, 1.54) is 0 Å². The van der Waals surface area contributed by atoms with Crippen LogP contribution in [0.4, 0.5) is 0 Å². The summed E-state index contributed by atoms with van der Waals surface area (Å²) in [5, 5.41) is 5.76. The van der Waals surface area contributed by atoms with Gasteiger partial charge in [-0.25, -0.2) is 0 Å². The number of rotatable bonds is 11. The quantitative estimate of drug-likeness (QED) is 0.560. The lowest BCUT2D eigenvalue weighted by atomic mass is 10.1. The molecule has 0 fully saturated rings. The molecule has 1 atom stereocenters. The summed E-state index contributed by atoms with van der Waals surface area (Å²) < 4.78 is 0. The number of nitrogens with one attached hydrogen (secondary N) is 2. The number of aldehydes is 1. The zero-order chi connectivity index (χ0) is 19.8. The van der Waals surface area contributed by atoms with Gasteiger partial charge in [-0.15, -0.1) is 0 Å². The van der Waals surface area contributed by atoms with Crippen LogP contribution in [0.2, 0.25) is 0 Å². The molecule has 0 saturated carbocycles. The van der Waals surface area contributed by atoms with Crippen molar-refractivity contribution in [2.24, 2.45) is 0 Å². The number of amides is 2. The number of hydrogen-bond acceptors (Lipinski definition) is 5. The summed E-state index contributed by atoms with van der Waals surface area (Å²) in [6.07, 6.45) is 1.37. The van der Waals surface area contributed by atoms with Gasteiger partial charge in [-0.1, -0.05) is 19.1 Å². The minimum absolute atomic E-state index is 0.140. The molecule has 0 saturated heterocycles. The highest BCUT2D eigenvalue weighted by Crippen LogP contribution is 2.27. The predicted molar refractivity (Wildman–Crippen MR) is 104 cm³/mol.